The summed E-state index contributed by atoms with van der Waals surface area (Å²) < 4.78 is 0. The highest BCUT2D eigenvalue weighted by Gasteiger charge is 2.23. The molecule has 0 spiro atoms. The summed E-state index contributed by atoms with van der Waals surface area (Å²) in [6.07, 6.45) is 4.87. The van der Waals surface area contributed by atoms with Gasteiger partial charge < -0.3 is 0 Å². The van der Waals surface area contributed by atoms with Gasteiger partial charge in [0.15, 0.2) is 11.0 Å². The number of hydrogen-bond donors (Lipinski definition) is 0. The van der Waals surface area contributed by atoms with Crippen molar-refractivity contribution < 1.29 is 9.59 Å². The number of rotatable bonds is 13. The second kappa shape index (κ2) is 14.0. The monoisotopic (exact) mass is 510 g/mol. The molecule has 0 saturated heterocycles. The van der Waals surface area contributed by atoms with Gasteiger partial charge in [0.25, 0.3) is 0 Å². The number of hydrogen-bond acceptors (Lipinski definition) is 2. The first-order chi connectivity index (χ1) is 17.7. The van der Waals surface area contributed by atoms with Gasteiger partial charge in [-0.2, -0.15) is 0 Å². The van der Waals surface area contributed by atoms with Crippen molar-refractivity contribution in [3.63, 3.8) is 0 Å². The Balaban J connectivity index is 1.28. The van der Waals surface area contributed by atoms with E-state index in [4.69, 9.17) is 0 Å². The van der Waals surface area contributed by atoms with Crippen LogP contribution in [0, 0.1) is 0 Å². The molecule has 4 rings (SSSR count). The van der Waals surface area contributed by atoms with Gasteiger partial charge in [-0.25, -0.2) is 0 Å². The zero-order valence-electron chi connectivity index (χ0n) is 20.5. The summed E-state index contributed by atoms with van der Waals surface area (Å²) in [4.78, 5) is 26.5. The van der Waals surface area contributed by atoms with Crippen LogP contribution in [-0.2, 0) is 9.59 Å². The van der Waals surface area contributed by atoms with Gasteiger partial charge in [0.1, 0.15) is 0 Å². The molecule has 0 bridgehead atoms. The molecule has 0 saturated carbocycles. The highest BCUT2D eigenvalue weighted by atomic mass is 31.1. The van der Waals surface area contributed by atoms with E-state index in [-0.39, 0.29) is 0 Å². The molecule has 0 amide bonds. The lowest BCUT2D eigenvalue weighted by Crippen LogP contribution is -2.18. The van der Waals surface area contributed by atoms with E-state index in [1.807, 2.05) is 72.8 Å². The van der Waals surface area contributed by atoms with E-state index < -0.39 is 15.8 Å². The molecule has 36 heavy (non-hydrogen) atoms. The number of unbranched alkanes of at least 4 members (excludes halogenated alkanes) is 3. The lowest BCUT2D eigenvalue weighted by Gasteiger charge is -2.18. The Morgan fingerprint density at radius 2 is 0.639 bits per heavy atom. The second-order valence-corrected chi connectivity index (χ2v) is 13.1. The smallest absolute Gasteiger partial charge is 0.163 e. The normalized spacial score (nSPS) is 11.1. The molecule has 0 atom stereocenters. The summed E-state index contributed by atoms with van der Waals surface area (Å²) in [5, 5.41) is 4.46. The largest absolute Gasteiger partial charge is 0.294 e. The number of benzene rings is 4. The fourth-order valence-electron chi connectivity index (χ4n) is 4.31. The molecule has 2 nitrogen and oxygen atoms in total. The Labute approximate surface area is 217 Å². The molecule has 4 aromatic rings. The second-order valence-electron chi connectivity index (χ2n) is 8.71. The van der Waals surface area contributed by atoms with Gasteiger partial charge in [-0.3, -0.25) is 9.59 Å². The van der Waals surface area contributed by atoms with Crippen LogP contribution in [0.4, 0.5) is 0 Å². The van der Waals surface area contributed by atoms with Gasteiger partial charge in [0.05, 0.1) is 0 Å². The van der Waals surface area contributed by atoms with Gasteiger partial charge >= 0.3 is 0 Å². The van der Waals surface area contributed by atoms with Crippen LogP contribution < -0.4 is 21.2 Å². The van der Waals surface area contributed by atoms with Crippen LogP contribution >= 0.6 is 15.8 Å². The van der Waals surface area contributed by atoms with E-state index in [1.165, 1.54) is 0 Å². The molecule has 0 heterocycles. The maximum atomic E-state index is 13.3. The van der Waals surface area contributed by atoms with Gasteiger partial charge in [-0.15, -0.1) is 0 Å². The summed E-state index contributed by atoms with van der Waals surface area (Å²) >= 11 is 0. The first-order valence-electron chi connectivity index (χ1n) is 12.6. The van der Waals surface area contributed by atoms with Crippen molar-refractivity contribution in [2.24, 2.45) is 0 Å². The van der Waals surface area contributed by atoms with Gasteiger partial charge in [-0.05, 0) is 34.1 Å². The van der Waals surface area contributed by atoms with Crippen molar-refractivity contribution >= 4 is 48.1 Å². The van der Waals surface area contributed by atoms with Gasteiger partial charge in [0, 0.05) is 28.7 Å². The third-order valence-corrected chi connectivity index (χ3v) is 10.8. The third-order valence-electron chi connectivity index (χ3n) is 6.09. The first-order valence-corrected chi connectivity index (χ1v) is 15.3. The molecule has 0 aromatic heterocycles. The quantitative estimate of drug-likeness (QED) is 0.149. The molecule has 0 fully saturated rings. The highest BCUT2D eigenvalue weighted by Crippen LogP contribution is 2.38. The topological polar surface area (TPSA) is 34.1 Å². The Morgan fingerprint density at radius 3 is 0.889 bits per heavy atom. The van der Waals surface area contributed by atoms with Crippen LogP contribution in [0.25, 0.3) is 0 Å². The molecular formula is C32H32O2P2. The average molecular weight is 511 g/mol. The minimum absolute atomic E-state index is 0.329. The van der Waals surface area contributed by atoms with Crippen LogP contribution in [0.5, 0.6) is 0 Å². The summed E-state index contributed by atoms with van der Waals surface area (Å²) in [7, 11) is -1.99. The van der Waals surface area contributed by atoms with Crippen LogP contribution in [0.3, 0.4) is 0 Å². The summed E-state index contributed by atoms with van der Waals surface area (Å²) in [5.74, 6) is 0. The third kappa shape index (κ3) is 7.30. The molecule has 4 aromatic carbocycles. The Morgan fingerprint density at radius 1 is 0.389 bits per heavy atom. The minimum Gasteiger partial charge on any atom is -0.294 e. The fourth-order valence-corrected chi connectivity index (χ4v) is 8.70. The Hall–Kier alpha value is -2.92. The SMILES string of the molecule is O=C(CCCCCCC(=O)P(c1ccccc1)c1ccccc1)P(c1ccccc1)c1ccccc1. The van der Waals surface area contributed by atoms with Crippen molar-refractivity contribution in [2.75, 3.05) is 0 Å². The predicted molar refractivity (Wildman–Crippen MR) is 156 cm³/mol. The van der Waals surface area contributed by atoms with E-state index in [1.54, 1.807) is 0 Å². The predicted octanol–water partition coefficient (Wildman–Crippen LogP) is 6.65. The first kappa shape index (κ1) is 26.2. The Kier molecular flexibility index (Phi) is 10.2. The van der Waals surface area contributed by atoms with Crippen LogP contribution in [0.1, 0.15) is 38.5 Å². The van der Waals surface area contributed by atoms with E-state index >= 15 is 0 Å². The van der Waals surface area contributed by atoms with Crippen molar-refractivity contribution in [1.29, 1.82) is 0 Å². The molecule has 0 unspecified atom stereocenters. The van der Waals surface area contributed by atoms with E-state index in [0.717, 1.165) is 46.9 Å². The molecule has 0 N–H and O–H groups in total. The van der Waals surface area contributed by atoms with E-state index in [2.05, 4.69) is 48.5 Å². The molecule has 0 radical (unpaired) electrons. The van der Waals surface area contributed by atoms with Gasteiger partial charge in [-0.1, -0.05) is 134 Å². The number of carbonyl (C=O) groups is 2. The number of carbonyl (C=O) groups excluding carboxylic acids is 2. The molecule has 0 aliphatic rings. The molecule has 0 aliphatic heterocycles. The molecule has 182 valence electrons. The zero-order valence-corrected chi connectivity index (χ0v) is 22.3. The van der Waals surface area contributed by atoms with Crippen LogP contribution in [-0.4, -0.2) is 11.0 Å². The standard InChI is InChI=1S/C32H32O2P2/c33-31(35(27-17-7-3-8-18-27)28-19-9-4-10-20-28)25-15-1-2-16-26-32(34)36(29-21-11-5-12-22-29)30-23-13-6-14-24-30/h3-14,17-24H,1-2,15-16,25-26H2. The van der Waals surface area contributed by atoms with E-state index in [9.17, 15) is 9.59 Å². The average Bonchev–Trinajstić information content (AvgIpc) is 2.93. The van der Waals surface area contributed by atoms with Crippen molar-refractivity contribution in [3.05, 3.63) is 121 Å². The summed E-state index contributed by atoms with van der Waals surface area (Å²) in [6, 6.07) is 40.6. The van der Waals surface area contributed by atoms with Gasteiger partial charge in [0.2, 0.25) is 0 Å². The van der Waals surface area contributed by atoms with Crippen molar-refractivity contribution in [1.82, 2.24) is 0 Å². The highest BCUT2D eigenvalue weighted by molar-refractivity contribution is 7.88. The van der Waals surface area contributed by atoms with E-state index in [0.29, 0.717) is 23.9 Å². The minimum atomic E-state index is -0.997. The summed E-state index contributed by atoms with van der Waals surface area (Å²) in [6.45, 7) is 0. The summed E-state index contributed by atoms with van der Waals surface area (Å²) in [5.41, 5.74) is 0.658. The van der Waals surface area contributed by atoms with Crippen molar-refractivity contribution in [3.8, 4) is 0 Å². The molecular weight excluding hydrogens is 478 g/mol. The zero-order chi connectivity index (χ0) is 25.0. The maximum Gasteiger partial charge on any atom is 0.163 e. The van der Waals surface area contributed by atoms with Crippen molar-refractivity contribution in [2.45, 2.75) is 38.5 Å². The molecule has 4 heteroatoms. The lowest BCUT2D eigenvalue weighted by molar-refractivity contribution is -0.112. The maximum absolute atomic E-state index is 13.3. The van der Waals surface area contributed by atoms with Crippen LogP contribution in [0.15, 0.2) is 121 Å². The lowest BCUT2D eigenvalue weighted by atomic mass is 10.1. The fraction of sp³-hybridized carbons (Fsp3) is 0.188. The Bertz CT molecular complexity index is 1030. The molecule has 0 aliphatic carbocycles. The van der Waals surface area contributed by atoms with Crippen LogP contribution in [0.2, 0.25) is 0 Å².